The molecule has 1 aromatic carbocycles. The van der Waals surface area contributed by atoms with E-state index in [1.54, 1.807) is 6.20 Å². The van der Waals surface area contributed by atoms with Gasteiger partial charge in [0.15, 0.2) is 0 Å². The topological polar surface area (TPSA) is 24.9 Å². The molecule has 0 aliphatic heterocycles. The van der Waals surface area contributed by atoms with Crippen LogP contribution in [0.3, 0.4) is 0 Å². The molecule has 0 spiro atoms. The Morgan fingerprint density at radius 2 is 2.24 bits per heavy atom. The van der Waals surface area contributed by atoms with Crippen LogP contribution in [0.1, 0.15) is 23.6 Å². The molecule has 17 heavy (non-hydrogen) atoms. The number of anilines is 1. The van der Waals surface area contributed by atoms with E-state index in [4.69, 9.17) is 0 Å². The minimum atomic E-state index is 0.419. The number of halogens is 1. The summed E-state index contributed by atoms with van der Waals surface area (Å²) in [6.07, 6.45) is 5.97. The van der Waals surface area contributed by atoms with Gasteiger partial charge in [0.2, 0.25) is 0 Å². The van der Waals surface area contributed by atoms with Crippen molar-refractivity contribution >= 4 is 21.6 Å². The third-order valence-electron chi connectivity index (χ3n) is 3.19. The highest BCUT2D eigenvalue weighted by atomic mass is 79.9. The Kier molecular flexibility index (Phi) is 2.85. The summed E-state index contributed by atoms with van der Waals surface area (Å²) in [4.78, 5) is 4.13. The van der Waals surface area contributed by atoms with E-state index in [0.29, 0.717) is 6.04 Å². The van der Waals surface area contributed by atoms with Gasteiger partial charge in [-0.05, 0) is 48.2 Å². The van der Waals surface area contributed by atoms with Crippen LogP contribution in [-0.4, -0.2) is 4.98 Å². The van der Waals surface area contributed by atoms with Crippen molar-refractivity contribution in [1.29, 1.82) is 0 Å². The van der Waals surface area contributed by atoms with Gasteiger partial charge in [0.25, 0.3) is 0 Å². The third kappa shape index (κ3) is 2.20. The van der Waals surface area contributed by atoms with E-state index in [-0.39, 0.29) is 0 Å². The Morgan fingerprint density at radius 1 is 1.29 bits per heavy atom. The number of nitrogens with one attached hydrogen (secondary N) is 1. The summed E-state index contributed by atoms with van der Waals surface area (Å²) in [7, 11) is 0. The highest BCUT2D eigenvalue weighted by molar-refractivity contribution is 9.10. The second kappa shape index (κ2) is 4.49. The van der Waals surface area contributed by atoms with Gasteiger partial charge in [-0.25, -0.2) is 0 Å². The molecule has 2 nitrogen and oxygen atoms in total. The second-order valence-electron chi connectivity index (χ2n) is 4.32. The van der Waals surface area contributed by atoms with Gasteiger partial charge in [0, 0.05) is 16.9 Å². The van der Waals surface area contributed by atoms with Gasteiger partial charge in [-0.15, -0.1) is 0 Å². The van der Waals surface area contributed by atoms with Crippen molar-refractivity contribution in [2.45, 2.75) is 18.9 Å². The average molecular weight is 289 g/mol. The van der Waals surface area contributed by atoms with Crippen LogP contribution in [0.25, 0.3) is 0 Å². The molecule has 1 N–H and O–H groups in total. The molecule has 2 aromatic rings. The Labute approximate surface area is 109 Å². The fourth-order valence-corrected chi connectivity index (χ4v) is 2.79. The summed E-state index contributed by atoms with van der Waals surface area (Å²) in [5, 5.41) is 3.54. The molecule has 1 heterocycles. The maximum Gasteiger partial charge on any atom is 0.0531 e. The molecule has 3 rings (SSSR count). The van der Waals surface area contributed by atoms with E-state index >= 15 is 0 Å². The number of hydrogen-bond acceptors (Lipinski definition) is 2. The standard InChI is InChI=1S/C14H13BrN2/c15-11-4-5-13-10(8-11)3-6-14(13)17-12-2-1-7-16-9-12/h1-2,4-5,7-9,14,17H,3,6H2. The Morgan fingerprint density at radius 3 is 3.06 bits per heavy atom. The van der Waals surface area contributed by atoms with Crippen LogP contribution in [0.5, 0.6) is 0 Å². The molecule has 0 fully saturated rings. The highest BCUT2D eigenvalue weighted by Crippen LogP contribution is 2.35. The lowest BCUT2D eigenvalue weighted by Crippen LogP contribution is -2.06. The number of nitrogens with zero attached hydrogens (tertiary/aromatic N) is 1. The van der Waals surface area contributed by atoms with Crippen LogP contribution in [-0.2, 0) is 6.42 Å². The molecule has 3 heteroatoms. The zero-order valence-corrected chi connectivity index (χ0v) is 10.9. The maximum atomic E-state index is 4.13. The fraction of sp³-hybridized carbons (Fsp3) is 0.214. The monoisotopic (exact) mass is 288 g/mol. The van der Waals surface area contributed by atoms with Crippen molar-refractivity contribution < 1.29 is 0 Å². The quantitative estimate of drug-likeness (QED) is 0.905. The van der Waals surface area contributed by atoms with Gasteiger partial charge in [0.1, 0.15) is 0 Å². The normalized spacial score (nSPS) is 17.8. The number of hydrogen-bond donors (Lipinski definition) is 1. The number of rotatable bonds is 2. The lowest BCUT2D eigenvalue weighted by molar-refractivity contribution is 0.761. The molecule has 0 radical (unpaired) electrons. The average Bonchev–Trinajstić information content (AvgIpc) is 2.73. The van der Waals surface area contributed by atoms with E-state index in [9.17, 15) is 0 Å². The predicted octanol–water partition coefficient (Wildman–Crippen LogP) is 3.94. The minimum absolute atomic E-state index is 0.419. The summed E-state index contributed by atoms with van der Waals surface area (Å²) in [6.45, 7) is 0. The molecule has 1 unspecified atom stereocenters. The van der Waals surface area contributed by atoms with E-state index < -0.39 is 0 Å². The largest absolute Gasteiger partial charge is 0.377 e. The van der Waals surface area contributed by atoms with Crippen LogP contribution in [0.2, 0.25) is 0 Å². The summed E-state index contributed by atoms with van der Waals surface area (Å²) in [5.74, 6) is 0. The summed E-state index contributed by atoms with van der Waals surface area (Å²) in [6, 6.07) is 11.0. The molecule has 1 aliphatic rings. The Balaban J connectivity index is 1.85. The Hall–Kier alpha value is -1.35. The van der Waals surface area contributed by atoms with Crippen molar-refractivity contribution in [3.05, 3.63) is 58.3 Å². The van der Waals surface area contributed by atoms with Crippen LogP contribution >= 0.6 is 15.9 Å². The maximum absolute atomic E-state index is 4.13. The van der Waals surface area contributed by atoms with Crippen molar-refractivity contribution in [2.24, 2.45) is 0 Å². The van der Waals surface area contributed by atoms with E-state index in [1.807, 2.05) is 12.3 Å². The summed E-state index contributed by atoms with van der Waals surface area (Å²) < 4.78 is 1.17. The number of aromatic nitrogens is 1. The highest BCUT2D eigenvalue weighted by Gasteiger charge is 2.22. The minimum Gasteiger partial charge on any atom is -0.377 e. The lowest BCUT2D eigenvalue weighted by Gasteiger charge is -2.15. The van der Waals surface area contributed by atoms with Gasteiger partial charge in [-0.2, -0.15) is 0 Å². The van der Waals surface area contributed by atoms with E-state index in [0.717, 1.165) is 18.5 Å². The van der Waals surface area contributed by atoms with Crippen LogP contribution in [0, 0.1) is 0 Å². The first-order valence-electron chi connectivity index (χ1n) is 5.78. The number of aryl methyl sites for hydroxylation is 1. The molecule has 1 aromatic heterocycles. The van der Waals surface area contributed by atoms with Crippen molar-refractivity contribution in [2.75, 3.05) is 5.32 Å². The SMILES string of the molecule is Brc1ccc2c(c1)CCC2Nc1cccnc1. The molecular formula is C14H13BrN2. The zero-order valence-electron chi connectivity index (χ0n) is 9.36. The van der Waals surface area contributed by atoms with E-state index in [1.165, 1.54) is 15.6 Å². The third-order valence-corrected chi connectivity index (χ3v) is 3.68. The fourth-order valence-electron chi connectivity index (χ4n) is 2.39. The molecule has 0 amide bonds. The van der Waals surface area contributed by atoms with Crippen molar-refractivity contribution in [3.63, 3.8) is 0 Å². The first kappa shape index (κ1) is 10.8. The van der Waals surface area contributed by atoms with E-state index in [2.05, 4.69) is 50.5 Å². The molecule has 1 aliphatic carbocycles. The Bertz CT molecular complexity index is 525. The predicted molar refractivity (Wildman–Crippen MR) is 73.1 cm³/mol. The molecule has 0 saturated carbocycles. The molecule has 1 atom stereocenters. The van der Waals surface area contributed by atoms with Gasteiger partial charge in [-0.3, -0.25) is 4.98 Å². The summed E-state index contributed by atoms with van der Waals surface area (Å²) in [5.41, 5.74) is 3.95. The van der Waals surface area contributed by atoms with Crippen molar-refractivity contribution in [1.82, 2.24) is 4.98 Å². The number of pyridine rings is 1. The van der Waals surface area contributed by atoms with Crippen LogP contribution in [0.15, 0.2) is 47.2 Å². The molecule has 0 saturated heterocycles. The van der Waals surface area contributed by atoms with Crippen LogP contribution < -0.4 is 5.32 Å². The number of fused-ring (bicyclic) bond motifs is 1. The molecule has 86 valence electrons. The first-order chi connectivity index (χ1) is 8.33. The molecular weight excluding hydrogens is 276 g/mol. The van der Waals surface area contributed by atoms with Crippen LogP contribution in [0.4, 0.5) is 5.69 Å². The first-order valence-corrected chi connectivity index (χ1v) is 6.57. The van der Waals surface area contributed by atoms with Gasteiger partial charge in [0.05, 0.1) is 11.7 Å². The smallest absolute Gasteiger partial charge is 0.0531 e. The number of benzene rings is 1. The van der Waals surface area contributed by atoms with Crippen molar-refractivity contribution in [3.8, 4) is 0 Å². The summed E-state index contributed by atoms with van der Waals surface area (Å²) >= 11 is 3.52. The van der Waals surface area contributed by atoms with Gasteiger partial charge >= 0.3 is 0 Å². The lowest BCUT2D eigenvalue weighted by atomic mass is 10.1. The second-order valence-corrected chi connectivity index (χ2v) is 5.24. The van der Waals surface area contributed by atoms with Gasteiger partial charge in [-0.1, -0.05) is 22.0 Å². The molecule has 0 bridgehead atoms. The zero-order chi connectivity index (χ0) is 11.7. The van der Waals surface area contributed by atoms with Gasteiger partial charge < -0.3 is 5.32 Å².